The Morgan fingerprint density at radius 3 is 3.06 bits per heavy atom. The predicted molar refractivity (Wildman–Crippen MR) is 63.7 cm³/mol. The van der Waals surface area contributed by atoms with Crippen molar-refractivity contribution in [1.82, 2.24) is 4.98 Å². The minimum absolute atomic E-state index is 0.0203. The Kier molecular flexibility index (Phi) is 5.38. The molecule has 0 saturated carbocycles. The number of carbonyl (C=O) groups excluding carboxylic acids is 1. The van der Waals surface area contributed by atoms with Crippen LogP contribution in [0.1, 0.15) is 16.9 Å². The van der Waals surface area contributed by atoms with Crippen molar-refractivity contribution in [2.45, 2.75) is 12.5 Å². The first kappa shape index (κ1) is 13.4. The Balaban J connectivity index is 2.71. The van der Waals surface area contributed by atoms with Crippen LogP contribution in [0.25, 0.3) is 0 Å². The highest BCUT2D eigenvalue weighted by Crippen LogP contribution is 2.10. The van der Waals surface area contributed by atoms with Crippen molar-refractivity contribution in [3.8, 4) is 0 Å². The van der Waals surface area contributed by atoms with E-state index in [2.05, 4.69) is 10.3 Å². The number of nitrogens with two attached hydrogens (primary N) is 1. The minimum Gasteiger partial charge on any atom is -0.396 e. The molecule has 0 spiro atoms. The van der Waals surface area contributed by atoms with Crippen molar-refractivity contribution in [2.75, 3.05) is 25.6 Å². The third kappa shape index (κ3) is 4.38. The Hall–Kier alpha value is -1.66. The summed E-state index contributed by atoms with van der Waals surface area (Å²) in [6, 6.07) is 3.28. The summed E-state index contributed by atoms with van der Waals surface area (Å²) in [5, 5.41) is 12.0. The molecule has 6 heteroatoms. The topological polar surface area (TPSA) is 97.5 Å². The molecule has 94 valence electrons. The van der Waals surface area contributed by atoms with E-state index in [1.807, 2.05) is 0 Å². The number of aliphatic hydroxyl groups excluding tert-OH is 1. The van der Waals surface area contributed by atoms with Crippen LogP contribution in [0.5, 0.6) is 0 Å². The first-order valence-corrected chi connectivity index (χ1v) is 5.29. The van der Waals surface area contributed by atoms with Crippen LogP contribution < -0.4 is 11.1 Å². The molecule has 1 unspecified atom stereocenters. The lowest BCUT2D eigenvalue weighted by Crippen LogP contribution is -2.26. The summed E-state index contributed by atoms with van der Waals surface area (Å²) in [6.07, 6.45) is 2.06. The molecule has 1 amide bonds. The predicted octanol–water partition coefficient (Wildman–Crippen LogP) is -0.0102. The highest BCUT2D eigenvalue weighted by atomic mass is 16.5. The maximum absolute atomic E-state index is 11.0. The van der Waals surface area contributed by atoms with Gasteiger partial charge in [0.25, 0.3) is 5.91 Å². The normalized spacial score (nSPS) is 12.1. The molecule has 1 atom stereocenters. The number of methoxy groups -OCH3 is 1. The average Bonchev–Trinajstić information content (AvgIpc) is 2.30. The van der Waals surface area contributed by atoms with Crippen LogP contribution in [0.2, 0.25) is 0 Å². The number of rotatable bonds is 7. The van der Waals surface area contributed by atoms with Gasteiger partial charge in [-0.2, -0.15) is 0 Å². The summed E-state index contributed by atoms with van der Waals surface area (Å²) >= 11 is 0. The molecular formula is C11H17N3O3. The molecule has 1 heterocycles. The third-order valence-corrected chi connectivity index (χ3v) is 2.23. The lowest BCUT2D eigenvalue weighted by atomic mass is 10.2. The van der Waals surface area contributed by atoms with Gasteiger partial charge in [0.15, 0.2) is 0 Å². The van der Waals surface area contributed by atoms with Gasteiger partial charge in [-0.1, -0.05) is 0 Å². The molecule has 4 N–H and O–H groups in total. The summed E-state index contributed by atoms with van der Waals surface area (Å²) in [4.78, 5) is 14.8. The molecule has 0 bridgehead atoms. The molecule has 0 aliphatic rings. The first-order valence-electron chi connectivity index (χ1n) is 5.29. The van der Waals surface area contributed by atoms with Crippen LogP contribution in [-0.4, -0.2) is 42.4 Å². The fourth-order valence-corrected chi connectivity index (χ4v) is 1.44. The number of amides is 1. The van der Waals surface area contributed by atoms with Crippen LogP contribution >= 0.6 is 0 Å². The Bertz CT molecular complexity index is 365. The van der Waals surface area contributed by atoms with Gasteiger partial charge in [0, 0.05) is 25.6 Å². The van der Waals surface area contributed by atoms with E-state index in [0.29, 0.717) is 13.0 Å². The third-order valence-electron chi connectivity index (χ3n) is 2.23. The minimum atomic E-state index is -0.570. The van der Waals surface area contributed by atoms with E-state index in [1.54, 1.807) is 19.2 Å². The van der Waals surface area contributed by atoms with E-state index in [4.69, 9.17) is 15.6 Å². The fraction of sp³-hybridized carbons (Fsp3) is 0.455. The maximum Gasteiger partial charge on any atom is 0.267 e. The molecular weight excluding hydrogens is 222 g/mol. The van der Waals surface area contributed by atoms with Gasteiger partial charge in [-0.15, -0.1) is 0 Å². The van der Waals surface area contributed by atoms with E-state index in [0.717, 1.165) is 5.69 Å². The molecule has 0 radical (unpaired) electrons. The van der Waals surface area contributed by atoms with Crippen molar-refractivity contribution in [2.24, 2.45) is 5.73 Å². The van der Waals surface area contributed by atoms with Gasteiger partial charge in [0.05, 0.1) is 12.6 Å². The molecule has 17 heavy (non-hydrogen) atoms. The van der Waals surface area contributed by atoms with Crippen molar-refractivity contribution in [1.29, 1.82) is 0 Å². The van der Waals surface area contributed by atoms with E-state index >= 15 is 0 Å². The van der Waals surface area contributed by atoms with Gasteiger partial charge in [-0.05, 0) is 18.6 Å². The van der Waals surface area contributed by atoms with Gasteiger partial charge in [-0.25, -0.2) is 0 Å². The Morgan fingerprint density at radius 2 is 2.47 bits per heavy atom. The summed E-state index contributed by atoms with van der Waals surface area (Å²) in [7, 11) is 1.59. The highest BCUT2D eigenvalue weighted by Gasteiger charge is 2.09. The molecule has 1 rings (SSSR count). The molecule has 0 fully saturated rings. The van der Waals surface area contributed by atoms with E-state index in [-0.39, 0.29) is 18.3 Å². The second-order valence-corrected chi connectivity index (χ2v) is 3.60. The van der Waals surface area contributed by atoms with Crippen LogP contribution in [0.4, 0.5) is 5.69 Å². The number of aliphatic hydroxyl groups is 1. The maximum atomic E-state index is 11.0. The highest BCUT2D eigenvalue weighted by molar-refractivity contribution is 5.91. The Morgan fingerprint density at radius 1 is 1.71 bits per heavy atom. The Labute approximate surface area is 99.8 Å². The number of carbonyl (C=O) groups is 1. The van der Waals surface area contributed by atoms with E-state index in [1.165, 1.54) is 6.20 Å². The zero-order valence-corrected chi connectivity index (χ0v) is 9.72. The number of nitrogens with zero attached hydrogens (tertiary/aromatic N) is 1. The molecule has 1 aromatic rings. The van der Waals surface area contributed by atoms with Gasteiger partial charge >= 0.3 is 0 Å². The van der Waals surface area contributed by atoms with Crippen LogP contribution in [0.3, 0.4) is 0 Å². The fourth-order valence-electron chi connectivity index (χ4n) is 1.44. The first-order chi connectivity index (χ1) is 8.17. The smallest absolute Gasteiger partial charge is 0.267 e. The molecule has 0 aromatic carbocycles. The average molecular weight is 239 g/mol. The van der Waals surface area contributed by atoms with Crippen LogP contribution in [0, 0.1) is 0 Å². The standard InChI is InChI=1S/C11H17N3O3/c1-17-7-9(3-5-15)14-8-2-4-13-10(6-8)11(12)16/h2,4,6,9,15H,3,5,7H2,1H3,(H2,12,16)(H,13,14). The molecule has 0 saturated heterocycles. The van der Waals surface area contributed by atoms with Crippen molar-refractivity contribution in [3.63, 3.8) is 0 Å². The van der Waals surface area contributed by atoms with E-state index in [9.17, 15) is 4.79 Å². The number of aromatic nitrogens is 1. The molecule has 0 aliphatic carbocycles. The van der Waals surface area contributed by atoms with Crippen molar-refractivity contribution >= 4 is 11.6 Å². The number of anilines is 1. The van der Waals surface area contributed by atoms with Gasteiger partial charge in [-0.3, -0.25) is 9.78 Å². The zero-order valence-electron chi connectivity index (χ0n) is 9.72. The number of hydrogen-bond donors (Lipinski definition) is 3. The van der Waals surface area contributed by atoms with Gasteiger partial charge < -0.3 is 20.9 Å². The lowest BCUT2D eigenvalue weighted by molar-refractivity contribution is 0.0995. The number of ether oxygens (including phenoxy) is 1. The number of hydrogen-bond acceptors (Lipinski definition) is 5. The van der Waals surface area contributed by atoms with Crippen molar-refractivity contribution in [3.05, 3.63) is 24.0 Å². The van der Waals surface area contributed by atoms with E-state index < -0.39 is 5.91 Å². The second-order valence-electron chi connectivity index (χ2n) is 3.60. The SMILES string of the molecule is COCC(CCO)Nc1ccnc(C(N)=O)c1. The molecule has 6 nitrogen and oxygen atoms in total. The van der Waals surface area contributed by atoms with Crippen LogP contribution in [-0.2, 0) is 4.74 Å². The summed E-state index contributed by atoms with van der Waals surface area (Å²) < 4.78 is 5.03. The van der Waals surface area contributed by atoms with Crippen LogP contribution in [0.15, 0.2) is 18.3 Å². The van der Waals surface area contributed by atoms with Crippen molar-refractivity contribution < 1.29 is 14.6 Å². The second kappa shape index (κ2) is 6.82. The monoisotopic (exact) mass is 239 g/mol. The molecule has 1 aromatic heterocycles. The quantitative estimate of drug-likeness (QED) is 0.621. The largest absolute Gasteiger partial charge is 0.396 e. The number of primary amides is 1. The lowest BCUT2D eigenvalue weighted by Gasteiger charge is -2.18. The van der Waals surface area contributed by atoms with Gasteiger partial charge in [0.1, 0.15) is 5.69 Å². The van der Waals surface area contributed by atoms with Gasteiger partial charge in [0.2, 0.25) is 0 Å². The zero-order chi connectivity index (χ0) is 12.7. The molecule has 0 aliphatic heterocycles. The summed E-state index contributed by atoms with van der Waals surface area (Å²) in [6.45, 7) is 0.531. The summed E-state index contributed by atoms with van der Waals surface area (Å²) in [5.41, 5.74) is 6.07. The number of nitrogens with one attached hydrogen (secondary N) is 1. The number of pyridine rings is 1. The summed E-state index contributed by atoms with van der Waals surface area (Å²) in [5.74, 6) is -0.570.